The Morgan fingerprint density at radius 2 is 1.81 bits per heavy atom. The van der Waals surface area contributed by atoms with Crippen LogP contribution < -0.4 is 9.47 Å². The molecule has 2 aromatic rings. The molecule has 0 unspecified atom stereocenters. The first-order valence-electron chi connectivity index (χ1n) is 9.85. The number of hydrogen-bond acceptors (Lipinski definition) is 4. The molecule has 144 valence electrons. The maximum Gasteiger partial charge on any atom is 0.124 e. The topological polar surface area (TPSA) is 41.9 Å². The monoisotopic (exact) mass is 367 g/mol. The molecule has 27 heavy (non-hydrogen) atoms. The smallest absolute Gasteiger partial charge is 0.124 e. The minimum absolute atomic E-state index is 0.251. The predicted molar refractivity (Wildman–Crippen MR) is 106 cm³/mol. The lowest BCUT2D eigenvalue weighted by molar-refractivity contribution is -0.0662. The van der Waals surface area contributed by atoms with E-state index in [1.807, 2.05) is 36.4 Å². The van der Waals surface area contributed by atoms with Gasteiger partial charge < -0.3 is 14.6 Å². The molecule has 2 fully saturated rings. The van der Waals surface area contributed by atoms with E-state index in [0.29, 0.717) is 5.92 Å². The van der Waals surface area contributed by atoms with Gasteiger partial charge in [0.1, 0.15) is 11.5 Å². The number of methoxy groups -OCH3 is 2. The summed E-state index contributed by atoms with van der Waals surface area (Å²) < 4.78 is 10.8. The quantitative estimate of drug-likeness (QED) is 0.872. The van der Waals surface area contributed by atoms with Gasteiger partial charge in [-0.25, -0.2) is 0 Å². The summed E-state index contributed by atoms with van der Waals surface area (Å²) in [5.41, 5.74) is 1.44. The molecule has 4 nitrogen and oxygen atoms in total. The number of likely N-dealkylation sites (tertiary alicyclic amines) is 1. The average molecular weight is 367 g/mol. The van der Waals surface area contributed by atoms with Gasteiger partial charge in [0.2, 0.25) is 0 Å². The fraction of sp³-hybridized carbons (Fsp3) is 0.478. The summed E-state index contributed by atoms with van der Waals surface area (Å²) in [6.07, 6.45) is 3.07. The maximum absolute atomic E-state index is 11.8. The summed E-state index contributed by atoms with van der Waals surface area (Å²) in [7, 11) is 3.38. The van der Waals surface area contributed by atoms with Crippen LogP contribution in [0.2, 0.25) is 0 Å². The number of para-hydroxylation sites is 1. The molecule has 0 amide bonds. The molecular formula is C23H29NO3. The van der Waals surface area contributed by atoms with Crippen LogP contribution in [0.25, 0.3) is 0 Å². The van der Waals surface area contributed by atoms with Crippen molar-refractivity contribution in [2.45, 2.75) is 31.4 Å². The van der Waals surface area contributed by atoms with Crippen molar-refractivity contribution in [3.05, 3.63) is 59.7 Å². The number of ether oxygens (including phenoxy) is 2. The van der Waals surface area contributed by atoms with E-state index >= 15 is 0 Å². The molecule has 2 aliphatic rings. The second-order valence-corrected chi connectivity index (χ2v) is 7.93. The highest BCUT2D eigenvalue weighted by molar-refractivity contribution is 5.39. The molecule has 1 N–H and O–H groups in total. The SMILES string of the molecule is COc1ccc(CN2C[C@@H]3CCC[C@](O)(c4ccccc4OC)[C@@H]3C2)cc1. The summed E-state index contributed by atoms with van der Waals surface area (Å²) in [6, 6.07) is 16.3. The van der Waals surface area contributed by atoms with E-state index in [9.17, 15) is 5.11 Å². The Labute approximate surface area is 161 Å². The van der Waals surface area contributed by atoms with Gasteiger partial charge in [0.25, 0.3) is 0 Å². The van der Waals surface area contributed by atoms with Gasteiger partial charge in [-0.3, -0.25) is 4.90 Å². The van der Waals surface area contributed by atoms with Gasteiger partial charge in [0.05, 0.1) is 19.8 Å². The fourth-order valence-corrected chi connectivity index (χ4v) is 5.07. The Kier molecular flexibility index (Phi) is 5.11. The molecule has 2 aromatic carbocycles. The minimum Gasteiger partial charge on any atom is -0.497 e. The Morgan fingerprint density at radius 3 is 2.56 bits per heavy atom. The normalized spacial score (nSPS) is 28.0. The van der Waals surface area contributed by atoms with Gasteiger partial charge >= 0.3 is 0 Å². The molecule has 0 bridgehead atoms. The van der Waals surface area contributed by atoms with E-state index in [0.717, 1.165) is 49.5 Å². The van der Waals surface area contributed by atoms with Crippen molar-refractivity contribution >= 4 is 0 Å². The molecule has 1 saturated heterocycles. The van der Waals surface area contributed by atoms with Crippen LogP contribution in [0.5, 0.6) is 11.5 Å². The lowest BCUT2D eigenvalue weighted by Gasteiger charge is -2.42. The van der Waals surface area contributed by atoms with Crippen molar-refractivity contribution in [3.8, 4) is 11.5 Å². The molecule has 1 heterocycles. The van der Waals surface area contributed by atoms with Crippen LogP contribution in [0.1, 0.15) is 30.4 Å². The van der Waals surface area contributed by atoms with Gasteiger partial charge in [0.15, 0.2) is 0 Å². The Bertz CT molecular complexity index is 775. The zero-order valence-corrected chi connectivity index (χ0v) is 16.2. The summed E-state index contributed by atoms with van der Waals surface area (Å²) in [5, 5.41) is 11.8. The number of fused-ring (bicyclic) bond motifs is 1. The largest absolute Gasteiger partial charge is 0.497 e. The molecule has 1 aliphatic heterocycles. The number of nitrogens with zero attached hydrogens (tertiary/aromatic N) is 1. The Hall–Kier alpha value is -2.04. The van der Waals surface area contributed by atoms with E-state index < -0.39 is 5.60 Å². The number of benzene rings is 2. The average Bonchev–Trinajstić information content (AvgIpc) is 3.13. The second kappa shape index (κ2) is 7.53. The summed E-state index contributed by atoms with van der Waals surface area (Å²) in [5.74, 6) is 2.47. The van der Waals surface area contributed by atoms with Gasteiger partial charge in [0, 0.05) is 31.1 Å². The van der Waals surface area contributed by atoms with Crippen LogP contribution in [0.3, 0.4) is 0 Å². The van der Waals surface area contributed by atoms with Crippen LogP contribution in [0.15, 0.2) is 48.5 Å². The first-order valence-corrected chi connectivity index (χ1v) is 9.85. The molecule has 0 spiro atoms. The highest BCUT2D eigenvalue weighted by atomic mass is 16.5. The van der Waals surface area contributed by atoms with Crippen molar-refractivity contribution in [2.24, 2.45) is 11.8 Å². The van der Waals surface area contributed by atoms with Crippen molar-refractivity contribution < 1.29 is 14.6 Å². The van der Waals surface area contributed by atoms with Crippen molar-refractivity contribution in [2.75, 3.05) is 27.3 Å². The minimum atomic E-state index is -0.801. The van der Waals surface area contributed by atoms with Crippen LogP contribution in [-0.2, 0) is 12.1 Å². The highest BCUT2D eigenvalue weighted by Crippen LogP contribution is 2.50. The number of hydrogen-bond donors (Lipinski definition) is 1. The molecule has 0 aromatic heterocycles. The van der Waals surface area contributed by atoms with Crippen LogP contribution in [-0.4, -0.2) is 37.3 Å². The first-order chi connectivity index (χ1) is 13.1. The summed E-state index contributed by atoms with van der Waals surface area (Å²) >= 11 is 0. The lowest BCUT2D eigenvalue weighted by Crippen LogP contribution is -2.43. The molecular weight excluding hydrogens is 338 g/mol. The lowest BCUT2D eigenvalue weighted by atomic mass is 9.67. The third kappa shape index (κ3) is 3.44. The third-order valence-corrected chi connectivity index (χ3v) is 6.40. The predicted octanol–water partition coefficient (Wildman–Crippen LogP) is 3.82. The van der Waals surface area contributed by atoms with E-state index in [-0.39, 0.29) is 5.92 Å². The molecule has 4 rings (SSSR count). The second-order valence-electron chi connectivity index (χ2n) is 7.93. The molecule has 4 heteroatoms. The van der Waals surface area contributed by atoms with Crippen LogP contribution >= 0.6 is 0 Å². The maximum atomic E-state index is 11.8. The van der Waals surface area contributed by atoms with Crippen molar-refractivity contribution in [1.82, 2.24) is 4.90 Å². The van der Waals surface area contributed by atoms with E-state index in [2.05, 4.69) is 17.0 Å². The van der Waals surface area contributed by atoms with E-state index in [1.165, 1.54) is 12.0 Å². The van der Waals surface area contributed by atoms with E-state index in [1.54, 1.807) is 14.2 Å². The Morgan fingerprint density at radius 1 is 1.04 bits per heavy atom. The van der Waals surface area contributed by atoms with Gasteiger partial charge in [-0.15, -0.1) is 0 Å². The Balaban J connectivity index is 1.54. The molecule has 1 saturated carbocycles. The van der Waals surface area contributed by atoms with E-state index in [4.69, 9.17) is 9.47 Å². The van der Waals surface area contributed by atoms with Gasteiger partial charge in [-0.1, -0.05) is 30.3 Å². The molecule has 3 atom stereocenters. The van der Waals surface area contributed by atoms with Crippen molar-refractivity contribution in [1.29, 1.82) is 0 Å². The van der Waals surface area contributed by atoms with Crippen LogP contribution in [0.4, 0.5) is 0 Å². The molecule has 1 aliphatic carbocycles. The van der Waals surface area contributed by atoms with Gasteiger partial charge in [-0.05, 0) is 48.9 Å². The third-order valence-electron chi connectivity index (χ3n) is 6.40. The zero-order valence-electron chi connectivity index (χ0n) is 16.2. The highest BCUT2D eigenvalue weighted by Gasteiger charge is 2.50. The number of aliphatic hydroxyl groups is 1. The fourth-order valence-electron chi connectivity index (χ4n) is 5.07. The first kappa shape index (κ1) is 18.3. The van der Waals surface area contributed by atoms with Crippen molar-refractivity contribution in [3.63, 3.8) is 0 Å². The number of rotatable bonds is 5. The summed E-state index contributed by atoms with van der Waals surface area (Å²) in [4.78, 5) is 2.49. The molecule has 0 radical (unpaired) electrons. The standard InChI is InChI=1S/C23H29NO3/c1-26-19-11-9-17(10-12-19)14-24-15-18-6-5-13-23(25,21(18)16-24)20-7-3-4-8-22(20)27-2/h3-4,7-12,18,21,25H,5-6,13-16H2,1-2H3/t18-,21+,23-/m0/s1. The van der Waals surface area contributed by atoms with Gasteiger partial charge in [-0.2, -0.15) is 0 Å². The zero-order chi connectivity index (χ0) is 18.9. The van der Waals surface area contributed by atoms with Crippen LogP contribution in [0, 0.1) is 11.8 Å². The summed E-state index contributed by atoms with van der Waals surface area (Å²) in [6.45, 7) is 2.89.